The Bertz CT molecular complexity index is 1110. The van der Waals surface area contributed by atoms with Crippen molar-refractivity contribution in [3.8, 4) is 16.9 Å². The van der Waals surface area contributed by atoms with E-state index in [4.69, 9.17) is 0 Å². The molecule has 0 aliphatic heterocycles. The smallest absolute Gasteiger partial charge is 0.255 e. The summed E-state index contributed by atoms with van der Waals surface area (Å²) in [4.78, 5) is 17.0. The van der Waals surface area contributed by atoms with Crippen LogP contribution in [0.4, 0.5) is 4.39 Å². The number of aromatic nitrogens is 3. The highest BCUT2D eigenvalue weighted by Gasteiger charge is 2.18. The molecule has 0 aliphatic carbocycles. The third-order valence-electron chi connectivity index (χ3n) is 4.55. The Hall–Kier alpha value is -3.80. The zero-order chi connectivity index (χ0) is 20.1. The average molecular weight is 386 g/mol. The van der Waals surface area contributed by atoms with Gasteiger partial charge in [-0.2, -0.15) is 5.10 Å². The van der Waals surface area contributed by atoms with Crippen LogP contribution in [0.25, 0.3) is 16.9 Å². The van der Waals surface area contributed by atoms with Crippen molar-refractivity contribution in [3.63, 3.8) is 0 Å². The van der Waals surface area contributed by atoms with Gasteiger partial charge < -0.3 is 5.32 Å². The second-order valence-electron chi connectivity index (χ2n) is 6.51. The third-order valence-corrected chi connectivity index (χ3v) is 4.55. The highest BCUT2D eigenvalue weighted by atomic mass is 19.1. The summed E-state index contributed by atoms with van der Waals surface area (Å²) in [5.41, 5.74) is 3.16. The molecule has 0 saturated heterocycles. The standard InChI is InChI=1S/C23H19FN4O/c24-21-11-5-4-7-17(21)12-14-26-23(29)20-16-28(19-9-2-1-3-10-19)27-22(20)18-8-6-13-25-15-18/h1-11,13,15-16H,12,14H2,(H,26,29). The van der Waals surface area contributed by atoms with E-state index in [0.29, 0.717) is 29.8 Å². The first-order chi connectivity index (χ1) is 14.2. The monoisotopic (exact) mass is 386 g/mol. The quantitative estimate of drug-likeness (QED) is 0.544. The van der Waals surface area contributed by atoms with Gasteiger partial charge in [0, 0.05) is 30.7 Å². The van der Waals surface area contributed by atoms with Crippen molar-refractivity contribution in [1.29, 1.82) is 0 Å². The minimum atomic E-state index is -0.269. The van der Waals surface area contributed by atoms with Crippen LogP contribution in [0.1, 0.15) is 15.9 Å². The Kier molecular flexibility index (Phi) is 5.42. The van der Waals surface area contributed by atoms with Crippen molar-refractivity contribution in [3.05, 3.63) is 102 Å². The molecule has 4 rings (SSSR count). The van der Waals surface area contributed by atoms with Crippen LogP contribution in [0.15, 0.2) is 85.3 Å². The lowest BCUT2D eigenvalue weighted by Gasteiger charge is -2.06. The number of amides is 1. The number of rotatable bonds is 6. The topological polar surface area (TPSA) is 59.8 Å². The summed E-state index contributed by atoms with van der Waals surface area (Å²) >= 11 is 0. The number of carbonyl (C=O) groups is 1. The van der Waals surface area contributed by atoms with Crippen LogP contribution in [-0.4, -0.2) is 27.2 Å². The van der Waals surface area contributed by atoms with Gasteiger partial charge in [-0.1, -0.05) is 36.4 Å². The molecule has 6 heteroatoms. The predicted octanol–water partition coefficient (Wildman–Crippen LogP) is 4.05. The molecule has 29 heavy (non-hydrogen) atoms. The third kappa shape index (κ3) is 4.21. The molecule has 0 fully saturated rings. The molecule has 0 radical (unpaired) electrons. The van der Waals surface area contributed by atoms with Crippen LogP contribution in [0.3, 0.4) is 0 Å². The van der Waals surface area contributed by atoms with E-state index in [1.54, 1.807) is 47.5 Å². The van der Waals surface area contributed by atoms with Gasteiger partial charge in [-0.3, -0.25) is 9.78 Å². The minimum absolute atomic E-state index is 0.262. The maximum atomic E-state index is 13.8. The van der Waals surface area contributed by atoms with Gasteiger partial charge in [-0.05, 0) is 42.3 Å². The van der Waals surface area contributed by atoms with Crippen molar-refractivity contribution in [2.24, 2.45) is 0 Å². The number of benzene rings is 2. The molecule has 2 aromatic heterocycles. The molecular formula is C23H19FN4O. The summed E-state index contributed by atoms with van der Waals surface area (Å²) < 4.78 is 15.5. The molecule has 0 atom stereocenters. The number of nitrogens with zero attached hydrogens (tertiary/aromatic N) is 3. The van der Waals surface area contributed by atoms with Gasteiger partial charge in [0.2, 0.25) is 0 Å². The summed E-state index contributed by atoms with van der Waals surface area (Å²) in [5, 5.41) is 7.48. The SMILES string of the molecule is O=C(NCCc1ccccc1F)c1cn(-c2ccccc2)nc1-c1cccnc1. The number of halogens is 1. The lowest BCUT2D eigenvalue weighted by atomic mass is 10.1. The summed E-state index contributed by atoms with van der Waals surface area (Å²) in [6.07, 6.45) is 5.46. The zero-order valence-electron chi connectivity index (χ0n) is 15.6. The Morgan fingerprint density at radius 1 is 1.00 bits per heavy atom. The molecule has 1 amide bonds. The summed E-state index contributed by atoms with van der Waals surface area (Å²) in [5.74, 6) is -0.530. The lowest BCUT2D eigenvalue weighted by Crippen LogP contribution is -2.26. The number of hydrogen-bond donors (Lipinski definition) is 1. The number of nitrogens with one attached hydrogen (secondary N) is 1. The molecule has 1 N–H and O–H groups in total. The second kappa shape index (κ2) is 8.48. The maximum Gasteiger partial charge on any atom is 0.255 e. The fourth-order valence-electron chi connectivity index (χ4n) is 3.08. The Morgan fingerprint density at radius 3 is 2.55 bits per heavy atom. The minimum Gasteiger partial charge on any atom is -0.352 e. The first-order valence-corrected chi connectivity index (χ1v) is 9.29. The molecule has 0 saturated carbocycles. The van der Waals surface area contributed by atoms with E-state index >= 15 is 0 Å². The Labute approximate surface area is 167 Å². The van der Waals surface area contributed by atoms with Crippen LogP contribution < -0.4 is 5.32 Å². The fraction of sp³-hybridized carbons (Fsp3) is 0.0870. The summed E-state index contributed by atoms with van der Waals surface area (Å²) in [7, 11) is 0. The second-order valence-corrected chi connectivity index (χ2v) is 6.51. The van der Waals surface area contributed by atoms with E-state index in [2.05, 4.69) is 15.4 Å². The maximum absolute atomic E-state index is 13.8. The van der Waals surface area contributed by atoms with Crippen LogP contribution in [0, 0.1) is 5.82 Å². The number of para-hydroxylation sites is 1. The van der Waals surface area contributed by atoms with Crippen LogP contribution in [0.5, 0.6) is 0 Å². The van der Waals surface area contributed by atoms with Crippen molar-refractivity contribution in [1.82, 2.24) is 20.1 Å². The van der Waals surface area contributed by atoms with E-state index in [1.807, 2.05) is 36.4 Å². The molecule has 0 aliphatic rings. The molecule has 0 bridgehead atoms. The van der Waals surface area contributed by atoms with E-state index in [0.717, 1.165) is 11.3 Å². The summed E-state index contributed by atoms with van der Waals surface area (Å²) in [6, 6.07) is 19.8. The van der Waals surface area contributed by atoms with Crippen molar-refractivity contribution in [2.45, 2.75) is 6.42 Å². The Balaban J connectivity index is 1.58. The largest absolute Gasteiger partial charge is 0.352 e. The van der Waals surface area contributed by atoms with Gasteiger partial charge in [0.15, 0.2) is 0 Å². The van der Waals surface area contributed by atoms with E-state index in [1.165, 1.54) is 6.07 Å². The normalized spacial score (nSPS) is 10.7. The molecule has 0 spiro atoms. The van der Waals surface area contributed by atoms with Crippen LogP contribution in [0.2, 0.25) is 0 Å². The van der Waals surface area contributed by atoms with Gasteiger partial charge in [0.1, 0.15) is 11.5 Å². The van der Waals surface area contributed by atoms with Crippen molar-refractivity contribution >= 4 is 5.91 Å². The van der Waals surface area contributed by atoms with Crippen molar-refractivity contribution in [2.75, 3.05) is 6.54 Å². The van der Waals surface area contributed by atoms with Gasteiger partial charge in [0.25, 0.3) is 5.91 Å². The number of carbonyl (C=O) groups excluding carboxylic acids is 1. The lowest BCUT2D eigenvalue weighted by molar-refractivity contribution is 0.0954. The zero-order valence-corrected chi connectivity index (χ0v) is 15.6. The van der Waals surface area contributed by atoms with Gasteiger partial charge >= 0.3 is 0 Å². The van der Waals surface area contributed by atoms with Gasteiger partial charge in [-0.15, -0.1) is 0 Å². The molecule has 2 heterocycles. The van der Waals surface area contributed by atoms with Crippen molar-refractivity contribution < 1.29 is 9.18 Å². The number of hydrogen-bond acceptors (Lipinski definition) is 3. The molecule has 0 unspecified atom stereocenters. The van der Waals surface area contributed by atoms with Crippen LogP contribution in [-0.2, 0) is 6.42 Å². The highest BCUT2D eigenvalue weighted by Crippen LogP contribution is 2.23. The van der Waals surface area contributed by atoms with E-state index in [-0.39, 0.29) is 11.7 Å². The average Bonchev–Trinajstić information content (AvgIpc) is 3.22. The molecule has 144 valence electrons. The van der Waals surface area contributed by atoms with Gasteiger partial charge in [0.05, 0.1) is 11.3 Å². The molecule has 4 aromatic rings. The highest BCUT2D eigenvalue weighted by molar-refractivity contribution is 5.99. The van der Waals surface area contributed by atoms with E-state index in [9.17, 15) is 9.18 Å². The van der Waals surface area contributed by atoms with Gasteiger partial charge in [-0.25, -0.2) is 9.07 Å². The number of pyridine rings is 1. The summed E-state index contributed by atoms with van der Waals surface area (Å²) in [6.45, 7) is 0.322. The molecule has 5 nitrogen and oxygen atoms in total. The van der Waals surface area contributed by atoms with Crippen LogP contribution >= 0.6 is 0 Å². The first kappa shape index (κ1) is 18.6. The Morgan fingerprint density at radius 2 is 1.79 bits per heavy atom. The first-order valence-electron chi connectivity index (χ1n) is 9.29. The van der Waals surface area contributed by atoms with E-state index < -0.39 is 0 Å². The molecular weight excluding hydrogens is 367 g/mol. The predicted molar refractivity (Wildman–Crippen MR) is 109 cm³/mol. The molecule has 2 aromatic carbocycles. The fourth-order valence-corrected chi connectivity index (χ4v) is 3.08.